The van der Waals surface area contributed by atoms with E-state index in [9.17, 15) is 18.0 Å². The number of amides is 2. The fraction of sp³-hybridized carbons (Fsp3) is 0.529. The summed E-state index contributed by atoms with van der Waals surface area (Å²) in [7, 11) is -3.62. The summed E-state index contributed by atoms with van der Waals surface area (Å²) in [6.45, 7) is 4.03. The Labute approximate surface area is 154 Å². The topological polar surface area (TPSA) is 87.2 Å². The summed E-state index contributed by atoms with van der Waals surface area (Å²) in [4.78, 5) is 26.4. The van der Waals surface area contributed by atoms with E-state index in [2.05, 4.69) is 0 Å². The minimum Gasteiger partial charge on any atom is -0.494 e. The highest BCUT2D eigenvalue weighted by atomic mass is 32.2. The predicted octanol–water partition coefficient (Wildman–Crippen LogP) is 0.542. The highest BCUT2D eigenvalue weighted by Gasteiger charge is 2.26. The largest absolute Gasteiger partial charge is 0.494 e. The zero-order valence-corrected chi connectivity index (χ0v) is 15.9. The molecule has 0 bridgehead atoms. The number of piperazine rings is 1. The van der Waals surface area contributed by atoms with Crippen LogP contribution in [0.4, 0.5) is 5.69 Å². The molecule has 9 heteroatoms. The van der Waals surface area contributed by atoms with Gasteiger partial charge in [0.15, 0.2) is 0 Å². The molecule has 0 radical (unpaired) electrons. The van der Waals surface area contributed by atoms with Crippen molar-refractivity contribution >= 4 is 28.0 Å². The molecule has 26 heavy (non-hydrogen) atoms. The average molecular weight is 383 g/mol. The molecule has 8 nitrogen and oxygen atoms in total. The molecule has 1 aromatic rings. The van der Waals surface area contributed by atoms with Crippen LogP contribution in [0.1, 0.15) is 13.3 Å². The molecule has 0 saturated carbocycles. The average Bonchev–Trinajstić information content (AvgIpc) is 2.64. The second-order valence-electron chi connectivity index (χ2n) is 6.13. The number of anilines is 1. The summed E-state index contributed by atoms with van der Waals surface area (Å²) in [5, 5.41) is 0. The van der Waals surface area contributed by atoms with Crippen LogP contribution in [0.2, 0.25) is 0 Å². The van der Waals surface area contributed by atoms with E-state index in [0.29, 0.717) is 44.2 Å². The van der Waals surface area contributed by atoms with Crippen LogP contribution in [0.15, 0.2) is 24.3 Å². The third-order valence-corrected chi connectivity index (χ3v) is 5.23. The first kappa shape index (κ1) is 20.0. The molecule has 1 fully saturated rings. The van der Waals surface area contributed by atoms with Gasteiger partial charge in [-0.1, -0.05) is 6.92 Å². The minimum atomic E-state index is -3.62. The van der Waals surface area contributed by atoms with Crippen LogP contribution < -0.4 is 9.04 Å². The second kappa shape index (κ2) is 8.88. The Kier molecular flexibility index (Phi) is 6.84. The van der Waals surface area contributed by atoms with Gasteiger partial charge in [-0.2, -0.15) is 0 Å². The lowest BCUT2D eigenvalue weighted by Gasteiger charge is -2.34. The lowest BCUT2D eigenvalue weighted by molar-refractivity contribution is -0.133. The molecule has 0 unspecified atom stereocenters. The SMILES string of the molecule is CCCOc1ccc(N(CC(=O)N2CCN(C=O)CC2)S(C)(=O)=O)cc1. The van der Waals surface area contributed by atoms with Crippen LogP contribution in [-0.2, 0) is 19.6 Å². The van der Waals surface area contributed by atoms with E-state index in [1.54, 1.807) is 34.1 Å². The molecule has 0 atom stereocenters. The monoisotopic (exact) mass is 383 g/mol. The molecule has 1 saturated heterocycles. The maximum atomic E-state index is 12.5. The Balaban J connectivity index is 2.08. The van der Waals surface area contributed by atoms with Crippen molar-refractivity contribution in [1.82, 2.24) is 9.80 Å². The van der Waals surface area contributed by atoms with Gasteiger partial charge in [-0.05, 0) is 30.7 Å². The van der Waals surface area contributed by atoms with Gasteiger partial charge in [0, 0.05) is 26.2 Å². The number of nitrogens with zero attached hydrogens (tertiary/aromatic N) is 3. The number of hydrogen-bond acceptors (Lipinski definition) is 5. The quantitative estimate of drug-likeness (QED) is 0.612. The summed E-state index contributed by atoms with van der Waals surface area (Å²) < 4.78 is 30.9. The summed E-state index contributed by atoms with van der Waals surface area (Å²) in [5.74, 6) is 0.368. The van der Waals surface area contributed by atoms with Crippen molar-refractivity contribution in [3.63, 3.8) is 0 Å². The highest BCUT2D eigenvalue weighted by Crippen LogP contribution is 2.22. The molecule has 0 aliphatic carbocycles. The van der Waals surface area contributed by atoms with E-state index in [1.165, 1.54) is 0 Å². The van der Waals surface area contributed by atoms with E-state index in [1.807, 2.05) is 6.92 Å². The van der Waals surface area contributed by atoms with Crippen molar-refractivity contribution in [2.45, 2.75) is 13.3 Å². The molecule has 0 spiro atoms. The molecule has 0 aromatic heterocycles. The van der Waals surface area contributed by atoms with Crippen LogP contribution >= 0.6 is 0 Å². The van der Waals surface area contributed by atoms with Gasteiger partial charge in [0.2, 0.25) is 22.3 Å². The second-order valence-corrected chi connectivity index (χ2v) is 8.04. The van der Waals surface area contributed by atoms with Gasteiger partial charge in [0.05, 0.1) is 18.6 Å². The van der Waals surface area contributed by atoms with E-state index >= 15 is 0 Å². The van der Waals surface area contributed by atoms with Crippen LogP contribution in [-0.4, -0.2) is 76.1 Å². The van der Waals surface area contributed by atoms with Crippen molar-refractivity contribution < 1.29 is 22.7 Å². The van der Waals surface area contributed by atoms with Crippen molar-refractivity contribution in [2.24, 2.45) is 0 Å². The minimum absolute atomic E-state index is 0.269. The van der Waals surface area contributed by atoms with E-state index in [-0.39, 0.29) is 12.5 Å². The Morgan fingerprint density at radius 2 is 1.81 bits per heavy atom. The Morgan fingerprint density at radius 1 is 1.19 bits per heavy atom. The molecule has 2 rings (SSSR count). The molecular formula is C17H25N3O5S. The van der Waals surface area contributed by atoms with E-state index in [0.717, 1.165) is 23.4 Å². The lowest BCUT2D eigenvalue weighted by Crippen LogP contribution is -2.51. The van der Waals surface area contributed by atoms with Gasteiger partial charge < -0.3 is 14.5 Å². The van der Waals surface area contributed by atoms with Gasteiger partial charge in [0.1, 0.15) is 12.3 Å². The van der Waals surface area contributed by atoms with Crippen LogP contribution in [0, 0.1) is 0 Å². The first-order valence-corrected chi connectivity index (χ1v) is 10.4. The van der Waals surface area contributed by atoms with Crippen LogP contribution in [0.5, 0.6) is 5.75 Å². The molecule has 1 aliphatic heterocycles. The number of ether oxygens (including phenoxy) is 1. The third kappa shape index (κ3) is 5.35. The first-order chi connectivity index (χ1) is 12.3. The summed E-state index contributed by atoms with van der Waals surface area (Å²) >= 11 is 0. The molecule has 144 valence electrons. The van der Waals surface area contributed by atoms with Gasteiger partial charge in [-0.25, -0.2) is 8.42 Å². The molecule has 0 N–H and O–H groups in total. The number of carbonyl (C=O) groups is 2. The Morgan fingerprint density at radius 3 is 2.31 bits per heavy atom. The van der Waals surface area contributed by atoms with E-state index in [4.69, 9.17) is 4.74 Å². The number of rotatable bonds is 8. The summed E-state index contributed by atoms with van der Waals surface area (Å²) in [6, 6.07) is 6.64. The normalized spacial score (nSPS) is 14.8. The van der Waals surface area contributed by atoms with Crippen LogP contribution in [0.25, 0.3) is 0 Å². The van der Waals surface area contributed by atoms with Gasteiger partial charge in [-0.3, -0.25) is 13.9 Å². The van der Waals surface area contributed by atoms with Crippen molar-refractivity contribution in [3.8, 4) is 5.75 Å². The third-order valence-electron chi connectivity index (χ3n) is 4.09. The Hall–Kier alpha value is -2.29. The van der Waals surface area contributed by atoms with Gasteiger partial charge in [-0.15, -0.1) is 0 Å². The lowest BCUT2D eigenvalue weighted by atomic mass is 10.3. The molecule has 1 aromatic carbocycles. The first-order valence-electron chi connectivity index (χ1n) is 8.53. The number of carbonyl (C=O) groups excluding carboxylic acids is 2. The Bertz CT molecular complexity index is 712. The zero-order chi connectivity index (χ0) is 19.2. The molecule has 1 aliphatic rings. The van der Waals surface area contributed by atoms with Crippen molar-refractivity contribution in [2.75, 3.05) is 49.9 Å². The summed E-state index contributed by atoms with van der Waals surface area (Å²) in [6.07, 6.45) is 2.71. The standard InChI is InChI=1S/C17H25N3O5S/c1-3-12-25-16-6-4-15(5-7-16)20(26(2,23)24)13-17(22)19-10-8-18(14-21)9-11-19/h4-7,14H,3,8-13H2,1-2H3. The van der Waals surface area contributed by atoms with Gasteiger partial charge >= 0.3 is 0 Å². The number of hydrogen-bond donors (Lipinski definition) is 0. The highest BCUT2D eigenvalue weighted by molar-refractivity contribution is 7.92. The fourth-order valence-corrected chi connectivity index (χ4v) is 3.48. The van der Waals surface area contributed by atoms with Gasteiger partial charge in [0.25, 0.3) is 0 Å². The summed E-state index contributed by atoms with van der Waals surface area (Å²) in [5.41, 5.74) is 0.413. The van der Waals surface area contributed by atoms with Crippen molar-refractivity contribution in [1.29, 1.82) is 0 Å². The zero-order valence-electron chi connectivity index (χ0n) is 15.1. The molecule has 2 amide bonds. The van der Waals surface area contributed by atoms with Crippen molar-refractivity contribution in [3.05, 3.63) is 24.3 Å². The predicted molar refractivity (Wildman–Crippen MR) is 98.6 cm³/mol. The van der Waals surface area contributed by atoms with Crippen LogP contribution in [0.3, 0.4) is 0 Å². The number of benzene rings is 1. The maximum absolute atomic E-state index is 12.5. The number of sulfonamides is 1. The smallest absolute Gasteiger partial charge is 0.243 e. The molecule has 1 heterocycles. The molecular weight excluding hydrogens is 358 g/mol. The fourth-order valence-electron chi connectivity index (χ4n) is 2.63. The maximum Gasteiger partial charge on any atom is 0.243 e. The van der Waals surface area contributed by atoms with E-state index < -0.39 is 10.0 Å².